The average molecular weight is 587 g/mol. The van der Waals surface area contributed by atoms with Crippen molar-refractivity contribution in [2.75, 3.05) is 41.4 Å². The maximum atomic E-state index is 14.8. The summed E-state index contributed by atoms with van der Waals surface area (Å²) in [5.41, 5.74) is -0.676. The molecular formula is C29H30F4N6O3. The van der Waals surface area contributed by atoms with Gasteiger partial charge in [0.2, 0.25) is 5.91 Å². The van der Waals surface area contributed by atoms with Gasteiger partial charge in [-0.2, -0.15) is 13.2 Å². The van der Waals surface area contributed by atoms with E-state index in [0.717, 1.165) is 57.0 Å². The lowest BCUT2D eigenvalue weighted by atomic mass is 10.0. The molecule has 1 aromatic heterocycles. The molecule has 1 aliphatic carbocycles. The van der Waals surface area contributed by atoms with E-state index >= 15 is 0 Å². The molecule has 1 saturated heterocycles. The van der Waals surface area contributed by atoms with Crippen LogP contribution in [0.25, 0.3) is 0 Å². The van der Waals surface area contributed by atoms with Gasteiger partial charge in [-0.25, -0.2) is 14.2 Å². The SMILES string of the molecule is CN1CCC(Nc2cc(NC(=O)Nc3ccc(Oc4ccnc(NC(=O)C5CC5)c4)c(F)c3)cc(C(F)(F)F)c2)CC1. The lowest BCUT2D eigenvalue weighted by Gasteiger charge is -2.30. The van der Waals surface area contributed by atoms with E-state index in [2.05, 4.69) is 31.2 Å². The predicted molar refractivity (Wildman–Crippen MR) is 150 cm³/mol. The molecule has 4 N–H and O–H groups in total. The van der Waals surface area contributed by atoms with Crippen LogP contribution in [0.5, 0.6) is 11.5 Å². The van der Waals surface area contributed by atoms with E-state index in [1.165, 1.54) is 36.5 Å². The van der Waals surface area contributed by atoms with Crippen molar-refractivity contribution in [3.05, 3.63) is 66.1 Å². The van der Waals surface area contributed by atoms with Gasteiger partial charge in [0.1, 0.15) is 11.6 Å². The number of carbonyl (C=O) groups is 2. The highest BCUT2D eigenvalue weighted by Crippen LogP contribution is 2.35. The van der Waals surface area contributed by atoms with Crippen molar-refractivity contribution in [1.82, 2.24) is 9.88 Å². The summed E-state index contributed by atoms with van der Waals surface area (Å²) in [6.07, 6.45) is 0.0270. The lowest BCUT2D eigenvalue weighted by Crippen LogP contribution is -2.36. The number of likely N-dealkylation sites (tertiary alicyclic amines) is 1. The van der Waals surface area contributed by atoms with Crippen molar-refractivity contribution >= 4 is 34.8 Å². The summed E-state index contributed by atoms with van der Waals surface area (Å²) < 4.78 is 61.1. The molecule has 222 valence electrons. The minimum Gasteiger partial charge on any atom is -0.454 e. The third-order valence-electron chi connectivity index (χ3n) is 6.96. The van der Waals surface area contributed by atoms with Crippen LogP contribution in [0.3, 0.4) is 0 Å². The number of ether oxygens (including phenoxy) is 1. The van der Waals surface area contributed by atoms with Gasteiger partial charge in [0.05, 0.1) is 5.56 Å². The van der Waals surface area contributed by atoms with Gasteiger partial charge >= 0.3 is 12.2 Å². The normalized spacial score (nSPS) is 16.0. The number of nitrogens with zero attached hydrogens (tertiary/aromatic N) is 2. The highest BCUT2D eigenvalue weighted by atomic mass is 19.4. The number of pyridine rings is 1. The molecule has 0 bridgehead atoms. The molecule has 2 heterocycles. The Morgan fingerprint density at radius 3 is 2.31 bits per heavy atom. The van der Waals surface area contributed by atoms with E-state index in [1.54, 1.807) is 0 Å². The van der Waals surface area contributed by atoms with Crippen molar-refractivity contribution in [2.45, 2.75) is 37.9 Å². The van der Waals surface area contributed by atoms with Gasteiger partial charge in [-0.05, 0) is 82.2 Å². The van der Waals surface area contributed by atoms with Gasteiger partial charge in [0, 0.05) is 47.4 Å². The van der Waals surface area contributed by atoms with Crippen LogP contribution in [0, 0.1) is 11.7 Å². The van der Waals surface area contributed by atoms with Gasteiger partial charge in [0.25, 0.3) is 0 Å². The highest BCUT2D eigenvalue weighted by molar-refractivity contribution is 6.00. The zero-order valence-electron chi connectivity index (χ0n) is 22.7. The number of rotatable bonds is 8. The monoisotopic (exact) mass is 586 g/mol. The number of aromatic nitrogens is 1. The van der Waals surface area contributed by atoms with Crippen molar-refractivity contribution < 1.29 is 31.9 Å². The molecule has 2 aliphatic rings. The van der Waals surface area contributed by atoms with Gasteiger partial charge in [0.15, 0.2) is 11.6 Å². The van der Waals surface area contributed by atoms with Gasteiger partial charge in [-0.1, -0.05) is 0 Å². The van der Waals surface area contributed by atoms with Crippen molar-refractivity contribution in [2.24, 2.45) is 5.92 Å². The zero-order chi connectivity index (χ0) is 29.9. The molecule has 0 radical (unpaired) electrons. The average Bonchev–Trinajstić information content (AvgIpc) is 3.77. The number of halogens is 4. The first-order chi connectivity index (χ1) is 20.0. The van der Waals surface area contributed by atoms with Crippen LogP contribution >= 0.6 is 0 Å². The first-order valence-corrected chi connectivity index (χ1v) is 13.5. The molecule has 3 aromatic rings. The zero-order valence-corrected chi connectivity index (χ0v) is 22.7. The van der Waals surface area contributed by atoms with Crippen LogP contribution in [0.4, 0.5) is 45.2 Å². The second kappa shape index (κ2) is 12.2. The second-order valence-electron chi connectivity index (χ2n) is 10.5. The summed E-state index contributed by atoms with van der Waals surface area (Å²) >= 11 is 0. The van der Waals surface area contributed by atoms with E-state index in [4.69, 9.17) is 4.74 Å². The lowest BCUT2D eigenvalue weighted by molar-refractivity contribution is -0.137. The van der Waals surface area contributed by atoms with Crippen molar-refractivity contribution in [3.8, 4) is 11.5 Å². The topological polar surface area (TPSA) is 108 Å². The summed E-state index contributed by atoms with van der Waals surface area (Å²) in [5.74, 6) is -0.565. The standard InChI is InChI=1S/C29H30F4N6O3/c1-39-10-7-19(8-11-39)35-21-12-18(29(31,32)33)13-22(14-21)37-28(41)36-20-4-5-25(24(30)15-20)42-23-6-9-34-26(16-23)38-27(40)17-2-3-17/h4-6,9,12-17,19,35H,2-3,7-8,10-11H2,1H3,(H,34,38,40)(H2,36,37,41). The van der Waals surface area contributed by atoms with Gasteiger partial charge in [-0.15, -0.1) is 0 Å². The maximum Gasteiger partial charge on any atom is 0.416 e. The fourth-order valence-electron chi connectivity index (χ4n) is 4.53. The van der Waals surface area contributed by atoms with Crippen LogP contribution in [0.15, 0.2) is 54.7 Å². The molecule has 1 aliphatic heterocycles. The molecule has 5 rings (SSSR count). The maximum absolute atomic E-state index is 14.8. The second-order valence-corrected chi connectivity index (χ2v) is 10.5. The number of nitrogens with one attached hydrogen (secondary N) is 4. The molecule has 2 aromatic carbocycles. The van der Waals surface area contributed by atoms with E-state index < -0.39 is 23.6 Å². The Kier molecular flexibility index (Phi) is 8.48. The van der Waals surface area contributed by atoms with Gasteiger partial charge in [-0.3, -0.25) is 4.79 Å². The molecule has 0 atom stereocenters. The van der Waals surface area contributed by atoms with Crippen LogP contribution in [-0.2, 0) is 11.0 Å². The van der Waals surface area contributed by atoms with Crippen LogP contribution < -0.4 is 26.0 Å². The fourth-order valence-corrected chi connectivity index (χ4v) is 4.53. The summed E-state index contributed by atoms with van der Waals surface area (Å²) in [7, 11) is 1.99. The number of benzene rings is 2. The van der Waals surface area contributed by atoms with E-state index in [9.17, 15) is 27.2 Å². The summed E-state index contributed by atoms with van der Waals surface area (Å²) in [4.78, 5) is 30.8. The molecule has 0 unspecified atom stereocenters. The molecule has 3 amide bonds. The first-order valence-electron chi connectivity index (χ1n) is 13.5. The molecule has 0 spiro atoms. The predicted octanol–water partition coefficient (Wildman–Crippen LogP) is 6.53. The quantitative estimate of drug-likeness (QED) is 0.224. The molecule has 42 heavy (non-hydrogen) atoms. The summed E-state index contributed by atoms with van der Waals surface area (Å²) in [6, 6.07) is 9.10. The number of anilines is 4. The number of carbonyl (C=O) groups excluding carboxylic acids is 2. The smallest absolute Gasteiger partial charge is 0.416 e. The van der Waals surface area contributed by atoms with Crippen molar-refractivity contribution in [3.63, 3.8) is 0 Å². The Balaban J connectivity index is 1.22. The minimum atomic E-state index is -4.62. The number of amides is 3. The third kappa shape index (κ3) is 7.87. The number of hydrogen-bond donors (Lipinski definition) is 4. The number of hydrogen-bond acceptors (Lipinski definition) is 6. The molecule has 1 saturated carbocycles. The fraction of sp³-hybridized carbons (Fsp3) is 0.345. The molecule has 2 fully saturated rings. The van der Waals surface area contributed by atoms with Crippen LogP contribution in [0.2, 0.25) is 0 Å². The largest absolute Gasteiger partial charge is 0.454 e. The molecule has 9 nitrogen and oxygen atoms in total. The number of alkyl halides is 3. The molecule has 13 heteroatoms. The Hall–Kier alpha value is -4.39. The third-order valence-corrected chi connectivity index (χ3v) is 6.96. The Morgan fingerprint density at radius 2 is 1.62 bits per heavy atom. The summed E-state index contributed by atoms with van der Waals surface area (Å²) in [5, 5.41) is 10.7. The first kappa shape index (κ1) is 29.1. The Morgan fingerprint density at radius 1 is 0.905 bits per heavy atom. The van der Waals surface area contributed by atoms with Crippen LogP contribution in [0.1, 0.15) is 31.2 Å². The van der Waals surface area contributed by atoms with Crippen molar-refractivity contribution in [1.29, 1.82) is 0 Å². The van der Waals surface area contributed by atoms with E-state index in [0.29, 0.717) is 0 Å². The van der Waals surface area contributed by atoms with E-state index in [1.807, 2.05) is 7.05 Å². The Bertz CT molecular complexity index is 1460. The Labute approximate surface area is 239 Å². The van der Waals surface area contributed by atoms with E-state index in [-0.39, 0.29) is 52.2 Å². The summed E-state index contributed by atoms with van der Waals surface area (Å²) in [6.45, 7) is 1.65. The molecular weight excluding hydrogens is 556 g/mol. The highest BCUT2D eigenvalue weighted by Gasteiger charge is 2.32. The van der Waals surface area contributed by atoms with Crippen LogP contribution in [-0.4, -0.2) is 48.0 Å². The minimum absolute atomic E-state index is 0.00954. The number of urea groups is 1. The van der Waals surface area contributed by atoms with Gasteiger partial charge < -0.3 is 30.9 Å². The number of piperidine rings is 1.